The average molecular weight is 323 g/mol. The Morgan fingerprint density at radius 1 is 1.09 bits per heavy atom. The first-order chi connectivity index (χ1) is 11.0. The van der Waals surface area contributed by atoms with Gasteiger partial charge in [-0.25, -0.2) is 9.97 Å². The van der Waals surface area contributed by atoms with Gasteiger partial charge >= 0.3 is 6.18 Å². The Morgan fingerprint density at radius 2 is 1.87 bits per heavy atom. The summed E-state index contributed by atoms with van der Waals surface area (Å²) in [5, 5.41) is 6.32. The topological polar surface area (TPSA) is 53.1 Å². The van der Waals surface area contributed by atoms with Crippen LogP contribution in [0.4, 0.5) is 30.4 Å². The number of nitrogens with one attached hydrogen (secondary N) is 2. The average Bonchev–Trinajstić information content (AvgIpc) is 2.56. The predicted molar refractivity (Wildman–Crippen MR) is 81.8 cm³/mol. The molecule has 2 aromatic heterocycles. The molecule has 1 aliphatic rings. The van der Waals surface area contributed by atoms with Gasteiger partial charge in [0, 0.05) is 32.4 Å². The van der Waals surface area contributed by atoms with E-state index in [0.29, 0.717) is 11.5 Å². The van der Waals surface area contributed by atoms with Crippen molar-refractivity contribution < 1.29 is 13.2 Å². The molecule has 0 amide bonds. The zero-order valence-corrected chi connectivity index (χ0v) is 12.3. The van der Waals surface area contributed by atoms with Crippen molar-refractivity contribution in [2.24, 2.45) is 0 Å². The third kappa shape index (κ3) is 3.70. The summed E-state index contributed by atoms with van der Waals surface area (Å²) in [4.78, 5) is 9.93. The van der Waals surface area contributed by atoms with E-state index in [1.54, 1.807) is 6.20 Å². The number of rotatable bonds is 3. The van der Waals surface area contributed by atoms with E-state index in [1.165, 1.54) is 12.3 Å². The summed E-state index contributed by atoms with van der Waals surface area (Å²) in [6, 6.07) is 6.09. The lowest BCUT2D eigenvalue weighted by molar-refractivity contribution is -0.141. The fraction of sp³-hybridized carbons (Fsp3) is 0.333. The summed E-state index contributed by atoms with van der Waals surface area (Å²) >= 11 is 0. The van der Waals surface area contributed by atoms with Crippen molar-refractivity contribution in [3.8, 4) is 0 Å². The normalized spacial score (nSPS) is 15.5. The van der Waals surface area contributed by atoms with E-state index in [-0.39, 0.29) is 0 Å². The minimum Gasteiger partial charge on any atom is -0.366 e. The molecule has 0 saturated carbocycles. The molecule has 1 aliphatic heterocycles. The molecule has 2 aromatic rings. The fourth-order valence-corrected chi connectivity index (χ4v) is 2.43. The minimum absolute atomic E-state index is 0.466. The molecule has 3 rings (SSSR count). The van der Waals surface area contributed by atoms with Crippen molar-refractivity contribution in [2.75, 3.05) is 36.4 Å². The Bertz CT molecular complexity index is 651. The Morgan fingerprint density at radius 3 is 2.52 bits per heavy atom. The van der Waals surface area contributed by atoms with Crippen LogP contribution >= 0.6 is 0 Å². The van der Waals surface area contributed by atoms with Crippen molar-refractivity contribution in [1.82, 2.24) is 15.3 Å². The maximum atomic E-state index is 12.5. The van der Waals surface area contributed by atoms with Gasteiger partial charge in [-0.3, -0.25) is 0 Å². The first kappa shape index (κ1) is 15.5. The van der Waals surface area contributed by atoms with Crippen molar-refractivity contribution in [2.45, 2.75) is 6.18 Å². The third-order valence-corrected chi connectivity index (χ3v) is 3.56. The van der Waals surface area contributed by atoms with Crippen molar-refractivity contribution >= 4 is 17.2 Å². The summed E-state index contributed by atoms with van der Waals surface area (Å²) in [6.07, 6.45) is -1.62. The van der Waals surface area contributed by atoms with Crippen molar-refractivity contribution in [3.63, 3.8) is 0 Å². The Kier molecular flexibility index (Phi) is 4.33. The molecule has 5 nitrogen and oxygen atoms in total. The largest absolute Gasteiger partial charge is 0.433 e. The molecule has 0 atom stereocenters. The Balaban J connectivity index is 1.80. The van der Waals surface area contributed by atoms with Crippen LogP contribution in [-0.4, -0.2) is 36.1 Å². The third-order valence-electron chi connectivity index (χ3n) is 3.56. The van der Waals surface area contributed by atoms with Crippen LogP contribution in [0, 0.1) is 0 Å². The molecule has 0 spiro atoms. The zero-order chi connectivity index (χ0) is 16.3. The molecule has 0 unspecified atom stereocenters. The molecule has 0 aliphatic carbocycles. The molecule has 0 radical (unpaired) electrons. The number of hydrogen-bond donors (Lipinski definition) is 2. The SMILES string of the molecule is FC(F)(F)c1ccc(Nc2ncccc2N2CCNCC2)cn1. The highest BCUT2D eigenvalue weighted by Gasteiger charge is 2.32. The lowest BCUT2D eigenvalue weighted by Gasteiger charge is -2.30. The molecule has 0 bridgehead atoms. The van der Waals surface area contributed by atoms with Crippen LogP contribution in [0.25, 0.3) is 0 Å². The molecule has 23 heavy (non-hydrogen) atoms. The summed E-state index contributed by atoms with van der Waals surface area (Å²) in [6.45, 7) is 3.48. The van der Waals surface area contributed by atoms with Crippen LogP contribution in [0.1, 0.15) is 5.69 Å². The van der Waals surface area contributed by atoms with Crippen molar-refractivity contribution in [3.05, 3.63) is 42.4 Å². The van der Waals surface area contributed by atoms with Gasteiger partial charge in [0.25, 0.3) is 0 Å². The Labute approximate surface area is 131 Å². The van der Waals surface area contributed by atoms with Gasteiger partial charge in [0.05, 0.1) is 17.6 Å². The number of piperazine rings is 1. The number of aromatic nitrogens is 2. The smallest absolute Gasteiger partial charge is 0.366 e. The molecule has 3 heterocycles. The molecular formula is C15H16F3N5. The van der Waals surface area contributed by atoms with Gasteiger partial charge < -0.3 is 15.5 Å². The van der Waals surface area contributed by atoms with Gasteiger partial charge in [-0.2, -0.15) is 13.2 Å². The molecular weight excluding hydrogens is 307 g/mol. The highest BCUT2D eigenvalue weighted by Crippen LogP contribution is 2.30. The van der Waals surface area contributed by atoms with E-state index in [2.05, 4.69) is 25.5 Å². The van der Waals surface area contributed by atoms with Gasteiger partial charge in [0.1, 0.15) is 5.69 Å². The second-order valence-corrected chi connectivity index (χ2v) is 5.16. The van der Waals surface area contributed by atoms with Gasteiger partial charge in [0.15, 0.2) is 5.82 Å². The number of pyridine rings is 2. The van der Waals surface area contributed by atoms with Gasteiger partial charge in [0.2, 0.25) is 0 Å². The molecule has 1 fully saturated rings. The standard InChI is InChI=1S/C15H16F3N5/c16-15(17,18)13-4-3-11(10-21-13)22-14-12(2-1-5-20-14)23-8-6-19-7-9-23/h1-5,10,19H,6-9H2,(H,20,22). The number of hydrogen-bond acceptors (Lipinski definition) is 5. The second kappa shape index (κ2) is 6.41. The quantitative estimate of drug-likeness (QED) is 0.909. The zero-order valence-electron chi connectivity index (χ0n) is 12.3. The number of nitrogens with zero attached hydrogens (tertiary/aromatic N) is 3. The monoisotopic (exact) mass is 323 g/mol. The fourth-order valence-electron chi connectivity index (χ4n) is 2.43. The van der Waals surface area contributed by atoms with Crippen LogP contribution in [-0.2, 0) is 6.18 Å². The van der Waals surface area contributed by atoms with Crippen LogP contribution in [0.2, 0.25) is 0 Å². The number of anilines is 3. The van der Waals surface area contributed by atoms with Gasteiger partial charge in [-0.15, -0.1) is 0 Å². The molecule has 1 saturated heterocycles. The lowest BCUT2D eigenvalue weighted by atomic mass is 10.2. The summed E-state index contributed by atoms with van der Waals surface area (Å²) in [5.41, 5.74) is 0.480. The molecule has 8 heteroatoms. The molecule has 122 valence electrons. The predicted octanol–water partition coefficient (Wildman–Crippen LogP) is 2.65. The van der Waals surface area contributed by atoms with Gasteiger partial charge in [-0.1, -0.05) is 0 Å². The van der Waals surface area contributed by atoms with E-state index in [9.17, 15) is 13.2 Å². The maximum absolute atomic E-state index is 12.5. The summed E-state index contributed by atoms with van der Waals surface area (Å²) in [7, 11) is 0. The number of alkyl halides is 3. The molecule has 2 N–H and O–H groups in total. The lowest BCUT2D eigenvalue weighted by Crippen LogP contribution is -2.43. The first-order valence-corrected chi connectivity index (χ1v) is 7.25. The minimum atomic E-state index is -4.44. The van der Waals surface area contributed by atoms with Crippen molar-refractivity contribution in [1.29, 1.82) is 0 Å². The van der Waals surface area contributed by atoms with E-state index in [0.717, 1.165) is 37.9 Å². The summed E-state index contributed by atoms with van der Waals surface area (Å²) < 4.78 is 37.6. The number of halogens is 3. The van der Waals surface area contributed by atoms with E-state index >= 15 is 0 Å². The second-order valence-electron chi connectivity index (χ2n) is 5.16. The highest BCUT2D eigenvalue weighted by atomic mass is 19.4. The van der Waals surface area contributed by atoms with E-state index in [4.69, 9.17) is 0 Å². The van der Waals surface area contributed by atoms with Crippen LogP contribution in [0.3, 0.4) is 0 Å². The van der Waals surface area contributed by atoms with E-state index in [1.807, 2.05) is 12.1 Å². The molecule has 0 aromatic carbocycles. The Hall–Kier alpha value is -2.35. The van der Waals surface area contributed by atoms with Crippen LogP contribution < -0.4 is 15.5 Å². The van der Waals surface area contributed by atoms with E-state index < -0.39 is 11.9 Å². The van der Waals surface area contributed by atoms with Crippen LogP contribution in [0.15, 0.2) is 36.7 Å². The maximum Gasteiger partial charge on any atom is 0.433 e. The highest BCUT2D eigenvalue weighted by molar-refractivity contribution is 5.71. The first-order valence-electron chi connectivity index (χ1n) is 7.25. The van der Waals surface area contributed by atoms with Crippen LogP contribution in [0.5, 0.6) is 0 Å². The summed E-state index contributed by atoms with van der Waals surface area (Å²) in [5.74, 6) is 0.607. The van der Waals surface area contributed by atoms with Gasteiger partial charge in [-0.05, 0) is 24.3 Å².